The number of carbonyl (C=O) groups excluding carboxylic acids is 12. The van der Waals surface area contributed by atoms with Crippen LogP contribution in [0, 0.1) is 0 Å². The molecule has 6 aromatic carbocycles. The number of nitrogens with one attached hydrogen (secondary N) is 4. The Kier molecular flexibility index (Phi) is 22.2. The summed E-state index contributed by atoms with van der Waals surface area (Å²) in [6.45, 7) is 0. The van der Waals surface area contributed by atoms with Gasteiger partial charge in [-0.2, -0.15) is 0 Å². The molecule has 15 rings (SSSR count). The molecule has 0 radical (unpaired) electrons. The molecular formula is C70H58N6O20. The van der Waals surface area contributed by atoms with Crippen molar-refractivity contribution in [2.75, 3.05) is 28.4 Å². The lowest BCUT2D eigenvalue weighted by molar-refractivity contribution is -0.143. The van der Waals surface area contributed by atoms with Gasteiger partial charge in [0.2, 0.25) is 0 Å². The molecule has 0 spiro atoms. The normalized spacial score (nSPS) is 17.0. The van der Waals surface area contributed by atoms with Crippen molar-refractivity contribution in [1.82, 2.24) is 31.2 Å². The van der Waals surface area contributed by atoms with E-state index >= 15 is 0 Å². The van der Waals surface area contributed by atoms with Crippen LogP contribution in [0.25, 0.3) is 0 Å². The first-order valence-corrected chi connectivity index (χ1v) is 29.2. The molecule has 0 fully saturated rings. The van der Waals surface area contributed by atoms with E-state index in [9.17, 15) is 57.5 Å². The number of methoxy groups -OCH3 is 4. The van der Waals surface area contributed by atoms with Gasteiger partial charge in [0, 0.05) is 25.7 Å². The van der Waals surface area contributed by atoms with E-state index in [0.717, 1.165) is 28.4 Å². The lowest BCUT2D eigenvalue weighted by Crippen LogP contribution is -2.44. The molecule has 4 amide bonds. The van der Waals surface area contributed by atoms with Gasteiger partial charge in [-0.25, -0.2) is 48.3 Å². The molecule has 96 heavy (non-hydrogen) atoms. The minimum absolute atomic E-state index is 0.0135. The zero-order valence-corrected chi connectivity index (χ0v) is 51.5. The number of carbonyl (C=O) groups is 12. The highest BCUT2D eigenvalue weighted by atomic mass is 16.6. The average Bonchev–Trinajstić information content (AvgIpc) is 3.10. The first-order chi connectivity index (χ1) is 46.3. The number of pyridine rings is 2. The van der Waals surface area contributed by atoms with Crippen LogP contribution < -0.4 is 40.2 Å². The van der Waals surface area contributed by atoms with Crippen LogP contribution in [0.3, 0.4) is 0 Å². The van der Waals surface area contributed by atoms with Crippen LogP contribution in [-0.4, -0.2) is 134 Å². The molecule has 26 heteroatoms. The van der Waals surface area contributed by atoms with E-state index < -0.39 is 95.6 Å². The Morgan fingerprint density at radius 1 is 0.312 bits per heavy atom. The summed E-state index contributed by atoms with van der Waals surface area (Å²) in [5, 5.41) is 10.3. The maximum atomic E-state index is 13.6. The van der Waals surface area contributed by atoms with Gasteiger partial charge in [0.1, 0.15) is 69.9 Å². The number of nitrogens with zero attached hydrogens (tertiary/aromatic N) is 2. The van der Waals surface area contributed by atoms with Crippen molar-refractivity contribution in [2.24, 2.45) is 0 Å². The zero-order chi connectivity index (χ0) is 68.4. The van der Waals surface area contributed by atoms with Crippen LogP contribution in [-0.2, 0) is 63.8 Å². The van der Waals surface area contributed by atoms with E-state index in [4.69, 9.17) is 37.9 Å². The topological polar surface area (TPSA) is 353 Å². The largest absolute Gasteiger partial charge is 0.467 e. The lowest BCUT2D eigenvalue weighted by atomic mass is 10.1. The highest BCUT2D eigenvalue weighted by Gasteiger charge is 2.30. The highest BCUT2D eigenvalue weighted by molar-refractivity contribution is 6.01. The Balaban J connectivity index is 0.935. The molecule has 16 bridgehead atoms. The second kappa shape index (κ2) is 31.5. The summed E-state index contributed by atoms with van der Waals surface area (Å²) in [5.41, 5.74) is 0.829. The van der Waals surface area contributed by atoms with Crippen molar-refractivity contribution >= 4 is 71.4 Å². The predicted molar refractivity (Wildman–Crippen MR) is 335 cm³/mol. The zero-order valence-electron chi connectivity index (χ0n) is 51.5. The maximum Gasteiger partial charge on any atom is 0.343 e. The first kappa shape index (κ1) is 67.6. The lowest BCUT2D eigenvalue weighted by Gasteiger charge is -2.18. The van der Waals surface area contributed by atoms with E-state index in [-0.39, 0.29) is 93.7 Å². The summed E-state index contributed by atoms with van der Waals surface area (Å²) in [7, 11) is 4.51. The van der Waals surface area contributed by atoms with Gasteiger partial charge in [0.15, 0.2) is 0 Å². The molecule has 0 aliphatic carbocycles. The Morgan fingerprint density at radius 2 is 0.510 bits per heavy atom. The molecule has 4 atom stereocenters. The summed E-state index contributed by atoms with van der Waals surface area (Å²) in [6, 6.07) is 37.8. The third kappa shape index (κ3) is 17.8. The van der Waals surface area contributed by atoms with Crippen LogP contribution in [0.5, 0.6) is 23.0 Å². The minimum atomic E-state index is -1.28. The van der Waals surface area contributed by atoms with E-state index in [1.807, 2.05) is 0 Å². The fourth-order valence-electron chi connectivity index (χ4n) is 9.57. The predicted octanol–water partition coefficient (Wildman–Crippen LogP) is 5.72. The van der Waals surface area contributed by atoms with Gasteiger partial charge < -0.3 is 59.2 Å². The van der Waals surface area contributed by atoms with Crippen LogP contribution in [0.15, 0.2) is 182 Å². The summed E-state index contributed by atoms with van der Waals surface area (Å²) in [6.07, 6.45) is -0.451. The molecule has 2 aromatic heterocycles. The Bertz CT molecular complexity index is 3760. The molecule has 26 nitrogen and oxygen atoms in total. The van der Waals surface area contributed by atoms with Crippen molar-refractivity contribution in [1.29, 1.82) is 0 Å². The average molecular weight is 1300 g/mol. The number of hydrogen-bond acceptors (Lipinski definition) is 22. The van der Waals surface area contributed by atoms with Crippen molar-refractivity contribution in [3.05, 3.63) is 249 Å². The monoisotopic (exact) mass is 1300 g/mol. The molecule has 7 aliphatic rings. The molecule has 9 heterocycles. The van der Waals surface area contributed by atoms with Crippen molar-refractivity contribution in [2.45, 2.75) is 49.9 Å². The van der Waals surface area contributed by atoms with Gasteiger partial charge in [0.05, 0.1) is 50.7 Å². The van der Waals surface area contributed by atoms with Gasteiger partial charge in [0.25, 0.3) is 23.6 Å². The van der Waals surface area contributed by atoms with Crippen molar-refractivity contribution < 1.29 is 95.4 Å². The van der Waals surface area contributed by atoms with Gasteiger partial charge in [-0.1, -0.05) is 72.8 Å². The van der Waals surface area contributed by atoms with Crippen molar-refractivity contribution in [3.63, 3.8) is 0 Å². The Labute approximate surface area is 546 Å². The van der Waals surface area contributed by atoms with Crippen LogP contribution in [0.2, 0.25) is 0 Å². The Morgan fingerprint density at radius 3 is 0.708 bits per heavy atom. The van der Waals surface area contributed by atoms with E-state index in [1.165, 1.54) is 182 Å². The first-order valence-electron chi connectivity index (χ1n) is 29.2. The smallest absolute Gasteiger partial charge is 0.343 e. The highest BCUT2D eigenvalue weighted by Crippen LogP contribution is 2.23. The van der Waals surface area contributed by atoms with E-state index in [1.54, 1.807) is 0 Å². The van der Waals surface area contributed by atoms with Gasteiger partial charge in [-0.05, 0) is 131 Å². The van der Waals surface area contributed by atoms with E-state index in [0.29, 0.717) is 22.3 Å². The van der Waals surface area contributed by atoms with Crippen LogP contribution >= 0.6 is 0 Å². The third-order valence-corrected chi connectivity index (χ3v) is 14.6. The molecule has 0 saturated carbocycles. The standard InChI is InChI=1S/C70H58N6O20/c1-89-67(85)55-33-39-17-25-47(26-18-39)93-63(81)43-9-5-10-44(37-43)64(82)94-49-29-21-41(22-30-49)35-57(69(87)91-3)75-61(79)53-15-8-16-54(72-53)62(80)76-58(70(88)92-4)36-42-23-31-50(32-24-42)96-66(84)46-12-6-11-45(38-46)65(83)95-48-27-19-40(20-28-48)34-56(68(86)90-2)74-60(78)52-14-7-13-51(71-52)59(77)73-55/h5-32,37-38,55-58H,33-36H2,1-4H3,(H,73,77)(H,74,78)(H,75,79)(H,76,80). The maximum absolute atomic E-state index is 13.6. The Hall–Kier alpha value is -12.7. The summed E-state index contributed by atoms with van der Waals surface area (Å²) in [5.74, 6) is -9.75. The quantitative estimate of drug-likeness (QED) is 0.0929. The number of rotatable bonds is 4. The molecule has 4 unspecified atom stereocenters. The second-order valence-electron chi connectivity index (χ2n) is 21.1. The fraction of sp³-hybridized carbons (Fsp3) is 0.171. The summed E-state index contributed by atoms with van der Waals surface area (Å²) in [4.78, 5) is 169. The molecular weight excluding hydrogens is 1240 g/mol. The van der Waals surface area contributed by atoms with Gasteiger partial charge in [-0.15, -0.1) is 0 Å². The van der Waals surface area contributed by atoms with Gasteiger partial charge in [-0.3, -0.25) is 19.2 Å². The second-order valence-corrected chi connectivity index (χ2v) is 21.1. The number of hydrogen-bond donors (Lipinski definition) is 4. The number of ether oxygens (including phenoxy) is 8. The molecule has 8 aromatic rings. The number of amides is 4. The fourth-order valence-corrected chi connectivity index (χ4v) is 9.57. The number of benzene rings is 6. The van der Waals surface area contributed by atoms with Gasteiger partial charge >= 0.3 is 47.8 Å². The molecule has 0 saturated heterocycles. The third-order valence-electron chi connectivity index (χ3n) is 14.6. The molecule has 4 N–H and O–H groups in total. The number of aromatic nitrogens is 2. The van der Waals surface area contributed by atoms with Crippen molar-refractivity contribution in [3.8, 4) is 23.0 Å². The summed E-state index contributed by atoms with van der Waals surface area (Å²) >= 11 is 0. The minimum Gasteiger partial charge on any atom is -0.467 e. The van der Waals surface area contributed by atoms with Crippen LogP contribution in [0.4, 0.5) is 0 Å². The SMILES string of the molecule is COC(=O)C1Cc2ccc(cc2)OC(=O)c2cccc(c2)C(=O)Oc2ccc(cc2)CC(C(=O)OC)NC(=O)c2cccc(n2)C(=O)NC(C(=O)OC)Cc2ccc(cc2)OC(=O)c2cccc(c2)C(=O)Oc2ccc(cc2)CC(C(=O)OC)NC(=O)c2cccc(n2)C(=O)N1. The number of esters is 8. The molecule has 488 valence electrons. The van der Waals surface area contributed by atoms with Crippen LogP contribution in [0.1, 0.15) is 106 Å². The summed E-state index contributed by atoms with van der Waals surface area (Å²) < 4.78 is 42.2. The van der Waals surface area contributed by atoms with E-state index in [2.05, 4.69) is 31.2 Å². The molecule has 7 aliphatic heterocycles.